The van der Waals surface area contributed by atoms with E-state index in [1.165, 1.54) is 5.56 Å². The molecule has 2 aromatic rings. The van der Waals surface area contributed by atoms with Gasteiger partial charge in [0.05, 0.1) is 12.7 Å². The minimum atomic E-state index is -0.928. The van der Waals surface area contributed by atoms with E-state index in [9.17, 15) is 18.4 Å². The van der Waals surface area contributed by atoms with E-state index in [0.717, 1.165) is 50.4 Å². The number of nitrogens with zero attached hydrogens (tertiary/aromatic N) is 1. The normalized spacial score (nSPS) is 14.8. The molecule has 6 nitrogen and oxygen atoms in total. The summed E-state index contributed by atoms with van der Waals surface area (Å²) in [5.41, 5.74) is 0.945. The molecule has 1 saturated heterocycles. The number of rotatable bonds is 8. The zero-order chi connectivity index (χ0) is 22.2. The van der Waals surface area contributed by atoms with Crippen molar-refractivity contribution < 1.29 is 23.1 Å². The number of hydrogen-bond donors (Lipinski definition) is 2. The number of benzene rings is 2. The Kier molecular flexibility index (Phi) is 7.94. The molecule has 31 heavy (non-hydrogen) atoms. The van der Waals surface area contributed by atoms with Crippen molar-refractivity contribution in [3.05, 3.63) is 65.2 Å². The fourth-order valence-electron chi connectivity index (χ4n) is 3.62. The van der Waals surface area contributed by atoms with Crippen molar-refractivity contribution in [2.24, 2.45) is 0 Å². The number of ether oxygens (including phenoxy) is 1. The number of methoxy groups -OCH3 is 1. The number of amides is 2. The summed E-state index contributed by atoms with van der Waals surface area (Å²) in [6.45, 7) is 2.67. The van der Waals surface area contributed by atoms with Crippen LogP contribution in [0.5, 0.6) is 5.75 Å². The Hall–Kier alpha value is -3.00. The number of carbonyl (C=O) groups is 2. The number of halogens is 2. The lowest BCUT2D eigenvalue weighted by molar-refractivity contribution is -0.122. The highest BCUT2D eigenvalue weighted by molar-refractivity contribution is 5.94. The van der Waals surface area contributed by atoms with Crippen LogP contribution < -0.4 is 15.4 Å². The lowest BCUT2D eigenvalue weighted by atomic mass is 10.0. The molecule has 0 aliphatic carbocycles. The first-order valence-corrected chi connectivity index (χ1v) is 10.3. The molecule has 3 rings (SSSR count). The molecule has 8 heteroatoms. The van der Waals surface area contributed by atoms with Crippen LogP contribution in [0, 0.1) is 11.6 Å². The van der Waals surface area contributed by atoms with Crippen LogP contribution in [-0.2, 0) is 11.3 Å². The van der Waals surface area contributed by atoms with E-state index in [2.05, 4.69) is 21.6 Å². The highest BCUT2D eigenvalue weighted by Gasteiger charge is 2.21. The van der Waals surface area contributed by atoms with Gasteiger partial charge in [0.15, 0.2) is 0 Å². The maximum Gasteiger partial charge on any atom is 0.254 e. The summed E-state index contributed by atoms with van der Waals surface area (Å²) in [7, 11) is 1.65. The number of likely N-dealkylation sites (tertiary alicyclic amines) is 1. The molecule has 166 valence electrons. The molecule has 0 radical (unpaired) electrons. The minimum absolute atomic E-state index is 0.0795. The molecule has 1 fully saturated rings. The average Bonchev–Trinajstić information content (AvgIpc) is 2.75. The van der Waals surface area contributed by atoms with Gasteiger partial charge in [-0.15, -0.1) is 0 Å². The van der Waals surface area contributed by atoms with Crippen molar-refractivity contribution >= 4 is 11.8 Å². The fraction of sp³-hybridized carbons (Fsp3) is 0.391. The van der Waals surface area contributed by atoms with Gasteiger partial charge in [-0.3, -0.25) is 14.5 Å². The van der Waals surface area contributed by atoms with E-state index in [-0.39, 0.29) is 30.5 Å². The second-order valence-electron chi connectivity index (χ2n) is 7.60. The summed E-state index contributed by atoms with van der Waals surface area (Å²) < 4.78 is 31.8. The molecule has 2 N–H and O–H groups in total. The minimum Gasteiger partial charge on any atom is -0.497 e. The lowest BCUT2D eigenvalue weighted by Crippen LogP contribution is -2.45. The third kappa shape index (κ3) is 6.75. The summed E-state index contributed by atoms with van der Waals surface area (Å²) in [4.78, 5) is 26.5. The first-order valence-electron chi connectivity index (χ1n) is 10.3. The Morgan fingerprint density at radius 2 is 1.90 bits per heavy atom. The summed E-state index contributed by atoms with van der Waals surface area (Å²) >= 11 is 0. The predicted octanol–water partition coefficient (Wildman–Crippen LogP) is 2.87. The van der Waals surface area contributed by atoms with Crippen molar-refractivity contribution in [1.82, 2.24) is 15.5 Å². The maximum absolute atomic E-state index is 13.6. The van der Waals surface area contributed by atoms with Gasteiger partial charge in [-0.05, 0) is 42.7 Å². The van der Waals surface area contributed by atoms with Crippen molar-refractivity contribution in [3.8, 4) is 5.75 Å². The highest BCUT2D eigenvalue weighted by atomic mass is 19.1. The smallest absolute Gasteiger partial charge is 0.254 e. The fourth-order valence-corrected chi connectivity index (χ4v) is 3.62. The van der Waals surface area contributed by atoms with Gasteiger partial charge in [0.1, 0.15) is 17.4 Å². The molecule has 0 saturated carbocycles. The summed E-state index contributed by atoms with van der Waals surface area (Å²) in [5.74, 6) is -1.66. The Morgan fingerprint density at radius 1 is 1.13 bits per heavy atom. The van der Waals surface area contributed by atoms with E-state index in [1.54, 1.807) is 7.11 Å². The van der Waals surface area contributed by atoms with Gasteiger partial charge >= 0.3 is 0 Å². The third-order valence-electron chi connectivity index (χ3n) is 5.31. The van der Waals surface area contributed by atoms with Gasteiger partial charge in [0, 0.05) is 44.7 Å². The summed E-state index contributed by atoms with van der Waals surface area (Å²) in [6.07, 6.45) is 1.80. The van der Waals surface area contributed by atoms with Gasteiger partial charge in [-0.2, -0.15) is 0 Å². The largest absolute Gasteiger partial charge is 0.497 e. The van der Waals surface area contributed by atoms with Gasteiger partial charge < -0.3 is 15.4 Å². The van der Waals surface area contributed by atoms with Crippen LogP contribution in [0.3, 0.4) is 0 Å². The molecule has 0 spiro atoms. The molecule has 1 aliphatic rings. The Labute approximate surface area is 180 Å². The standard InChI is InChI=1S/C23H27F2N3O3/c1-31-19-4-2-3-16(13-19)15-28-11-8-18(9-12-28)27-22(29)7-10-26-23(30)20-6-5-17(24)14-21(20)25/h2-6,13-14,18H,7-12,15H2,1H3,(H,26,30)(H,27,29). The third-order valence-corrected chi connectivity index (χ3v) is 5.31. The molecule has 0 aromatic heterocycles. The SMILES string of the molecule is COc1cccc(CN2CCC(NC(=O)CCNC(=O)c3ccc(F)cc3F)CC2)c1. The van der Waals surface area contributed by atoms with Crippen LogP contribution in [0.2, 0.25) is 0 Å². The van der Waals surface area contributed by atoms with Gasteiger partial charge in [-0.1, -0.05) is 12.1 Å². The highest BCUT2D eigenvalue weighted by Crippen LogP contribution is 2.17. The van der Waals surface area contributed by atoms with Crippen molar-refractivity contribution in [2.45, 2.75) is 31.8 Å². The van der Waals surface area contributed by atoms with E-state index in [4.69, 9.17) is 4.74 Å². The predicted molar refractivity (Wildman–Crippen MR) is 113 cm³/mol. The van der Waals surface area contributed by atoms with Gasteiger partial charge in [0.2, 0.25) is 5.91 Å². The van der Waals surface area contributed by atoms with E-state index >= 15 is 0 Å². The zero-order valence-corrected chi connectivity index (χ0v) is 17.5. The van der Waals surface area contributed by atoms with Crippen LogP contribution in [0.4, 0.5) is 8.78 Å². The second-order valence-corrected chi connectivity index (χ2v) is 7.60. The molecule has 0 bridgehead atoms. The molecular formula is C23H27F2N3O3. The topological polar surface area (TPSA) is 70.7 Å². The van der Waals surface area contributed by atoms with Crippen molar-refractivity contribution in [1.29, 1.82) is 0 Å². The molecule has 1 aliphatic heterocycles. The van der Waals surface area contributed by atoms with E-state index < -0.39 is 17.5 Å². The Bertz CT molecular complexity index is 915. The summed E-state index contributed by atoms with van der Waals surface area (Å²) in [6, 6.07) is 10.9. The van der Waals surface area contributed by atoms with Crippen LogP contribution in [-0.4, -0.2) is 49.5 Å². The maximum atomic E-state index is 13.6. The van der Waals surface area contributed by atoms with Crippen LogP contribution in [0.15, 0.2) is 42.5 Å². The molecule has 2 aromatic carbocycles. The zero-order valence-electron chi connectivity index (χ0n) is 17.5. The lowest BCUT2D eigenvalue weighted by Gasteiger charge is -2.32. The van der Waals surface area contributed by atoms with Crippen LogP contribution in [0.1, 0.15) is 35.2 Å². The van der Waals surface area contributed by atoms with Crippen LogP contribution >= 0.6 is 0 Å². The molecular weight excluding hydrogens is 404 g/mol. The monoisotopic (exact) mass is 431 g/mol. The molecule has 0 unspecified atom stereocenters. The number of nitrogens with one attached hydrogen (secondary N) is 2. The summed E-state index contributed by atoms with van der Waals surface area (Å²) in [5, 5.41) is 5.48. The second kappa shape index (κ2) is 10.9. The first kappa shape index (κ1) is 22.7. The molecule has 1 heterocycles. The van der Waals surface area contributed by atoms with E-state index in [0.29, 0.717) is 6.07 Å². The van der Waals surface area contributed by atoms with Gasteiger partial charge in [0.25, 0.3) is 5.91 Å². The molecule has 2 amide bonds. The van der Waals surface area contributed by atoms with Crippen molar-refractivity contribution in [3.63, 3.8) is 0 Å². The van der Waals surface area contributed by atoms with Crippen molar-refractivity contribution in [2.75, 3.05) is 26.7 Å². The number of carbonyl (C=O) groups excluding carboxylic acids is 2. The molecule has 0 atom stereocenters. The van der Waals surface area contributed by atoms with Gasteiger partial charge in [-0.25, -0.2) is 8.78 Å². The Balaban J connectivity index is 1.35. The average molecular weight is 431 g/mol. The van der Waals surface area contributed by atoms with Crippen LogP contribution in [0.25, 0.3) is 0 Å². The number of piperidine rings is 1. The Morgan fingerprint density at radius 3 is 2.61 bits per heavy atom. The van der Waals surface area contributed by atoms with E-state index in [1.807, 2.05) is 18.2 Å². The quantitative estimate of drug-likeness (QED) is 0.674. The first-order chi connectivity index (χ1) is 14.9. The number of hydrogen-bond acceptors (Lipinski definition) is 4.